The molecular formula is C23H26BrF3N2O3. The van der Waals surface area contributed by atoms with Crippen molar-refractivity contribution in [2.45, 2.75) is 51.7 Å². The summed E-state index contributed by atoms with van der Waals surface area (Å²) in [6.07, 6.45) is -4.14. The molecule has 174 valence electrons. The van der Waals surface area contributed by atoms with E-state index in [1.807, 2.05) is 18.2 Å². The number of rotatable bonds is 8. The molecule has 2 amide bonds. The second-order valence-corrected chi connectivity index (χ2v) is 9.13. The van der Waals surface area contributed by atoms with Crippen molar-refractivity contribution in [3.05, 3.63) is 58.1 Å². The third kappa shape index (κ3) is 8.18. The maximum atomic E-state index is 12.3. The Morgan fingerprint density at radius 1 is 1.03 bits per heavy atom. The van der Waals surface area contributed by atoms with E-state index in [9.17, 15) is 22.8 Å². The second kappa shape index (κ2) is 10.8. The highest BCUT2D eigenvalue weighted by molar-refractivity contribution is 9.10. The smallest absolute Gasteiger partial charge is 0.471 e. The van der Waals surface area contributed by atoms with Crippen LogP contribution in [0.5, 0.6) is 5.75 Å². The van der Waals surface area contributed by atoms with Crippen LogP contribution in [0.25, 0.3) is 0 Å². The van der Waals surface area contributed by atoms with E-state index in [-0.39, 0.29) is 30.0 Å². The Morgan fingerprint density at radius 3 is 2.25 bits per heavy atom. The molecule has 32 heavy (non-hydrogen) atoms. The summed E-state index contributed by atoms with van der Waals surface area (Å²) >= 11 is 3.52. The van der Waals surface area contributed by atoms with Crippen molar-refractivity contribution in [3.63, 3.8) is 0 Å². The summed E-state index contributed by atoms with van der Waals surface area (Å²) in [5.74, 6) is -1.47. The van der Waals surface area contributed by atoms with Crippen LogP contribution in [0, 0.1) is 0 Å². The molecule has 0 aliphatic rings. The standard InChI is InChI=1S/C23H26BrF3N2O3/c1-22(2,3)16-8-11-19(18(24)13-16)32-12-4-5-20(30)28-14-15-6-9-17(10-7-15)29-21(31)23(25,26)27/h6-11,13H,4-5,12,14H2,1-3H3,(H,28,30)(H,29,31). The van der Waals surface area contributed by atoms with Crippen LogP contribution in [0.2, 0.25) is 0 Å². The van der Waals surface area contributed by atoms with Crippen LogP contribution in [0.3, 0.4) is 0 Å². The highest BCUT2D eigenvalue weighted by Gasteiger charge is 2.38. The predicted molar refractivity (Wildman–Crippen MR) is 121 cm³/mol. The van der Waals surface area contributed by atoms with Gasteiger partial charge in [-0.3, -0.25) is 9.59 Å². The predicted octanol–water partition coefficient (Wildman–Crippen LogP) is 5.72. The maximum Gasteiger partial charge on any atom is 0.471 e. The summed E-state index contributed by atoms with van der Waals surface area (Å²) in [4.78, 5) is 22.9. The van der Waals surface area contributed by atoms with E-state index in [0.29, 0.717) is 18.6 Å². The van der Waals surface area contributed by atoms with Crippen molar-refractivity contribution < 1.29 is 27.5 Å². The first-order valence-electron chi connectivity index (χ1n) is 10.0. The number of halogens is 4. The summed E-state index contributed by atoms with van der Waals surface area (Å²) in [5, 5.41) is 4.51. The largest absolute Gasteiger partial charge is 0.492 e. The zero-order valence-corrected chi connectivity index (χ0v) is 19.7. The van der Waals surface area contributed by atoms with Gasteiger partial charge in [0.15, 0.2) is 0 Å². The normalized spacial score (nSPS) is 11.7. The molecule has 2 aromatic rings. The van der Waals surface area contributed by atoms with Gasteiger partial charge in [-0.2, -0.15) is 13.2 Å². The van der Waals surface area contributed by atoms with Gasteiger partial charge in [0, 0.05) is 18.7 Å². The van der Waals surface area contributed by atoms with Crippen LogP contribution < -0.4 is 15.4 Å². The van der Waals surface area contributed by atoms with Gasteiger partial charge in [0.2, 0.25) is 5.91 Å². The Morgan fingerprint density at radius 2 is 1.69 bits per heavy atom. The van der Waals surface area contributed by atoms with Gasteiger partial charge in [0.05, 0.1) is 11.1 Å². The molecule has 0 heterocycles. The minimum Gasteiger partial charge on any atom is -0.492 e. The van der Waals surface area contributed by atoms with Crippen LogP contribution in [0.1, 0.15) is 44.7 Å². The van der Waals surface area contributed by atoms with Crippen molar-refractivity contribution in [1.82, 2.24) is 5.32 Å². The number of anilines is 1. The quantitative estimate of drug-likeness (QED) is 0.442. The monoisotopic (exact) mass is 514 g/mol. The van der Waals surface area contributed by atoms with E-state index >= 15 is 0 Å². The highest BCUT2D eigenvalue weighted by atomic mass is 79.9. The summed E-state index contributed by atoms with van der Waals surface area (Å²) in [6.45, 7) is 7.01. The third-order valence-corrected chi connectivity index (χ3v) is 5.18. The minimum atomic E-state index is -4.94. The van der Waals surface area contributed by atoms with Crippen LogP contribution in [0.4, 0.5) is 18.9 Å². The summed E-state index contributed by atoms with van der Waals surface area (Å²) < 4.78 is 43.4. The van der Waals surface area contributed by atoms with E-state index in [2.05, 4.69) is 42.0 Å². The zero-order chi connectivity index (χ0) is 23.9. The molecular weight excluding hydrogens is 489 g/mol. The van der Waals surface area contributed by atoms with Gasteiger partial charge < -0.3 is 15.4 Å². The summed E-state index contributed by atoms with van der Waals surface area (Å²) in [7, 11) is 0. The lowest BCUT2D eigenvalue weighted by molar-refractivity contribution is -0.167. The number of benzene rings is 2. The van der Waals surface area contributed by atoms with Gasteiger partial charge in [-0.25, -0.2) is 0 Å². The fourth-order valence-corrected chi connectivity index (χ4v) is 3.19. The molecule has 0 saturated carbocycles. The first-order valence-corrected chi connectivity index (χ1v) is 10.8. The van der Waals surface area contributed by atoms with E-state index in [0.717, 1.165) is 10.2 Å². The topological polar surface area (TPSA) is 67.4 Å². The molecule has 9 heteroatoms. The molecule has 0 aliphatic heterocycles. The first kappa shape index (κ1) is 25.7. The van der Waals surface area contributed by atoms with Crippen LogP contribution in [0.15, 0.2) is 46.9 Å². The Labute approximate surface area is 193 Å². The van der Waals surface area contributed by atoms with Gasteiger partial charge in [-0.15, -0.1) is 0 Å². The van der Waals surface area contributed by atoms with Gasteiger partial charge in [0.25, 0.3) is 0 Å². The number of ether oxygens (including phenoxy) is 1. The Bertz CT molecular complexity index is 939. The van der Waals surface area contributed by atoms with Gasteiger partial charge in [-0.05, 0) is 63.2 Å². The van der Waals surface area contributed by atoms with Gasteiger partial charge in [0.1, 0.15) is 5.75 Å². The molecule has 0 radical (unpaired) electrons. The molecule has 0 saturated heterocycles. The van der Waals surface area contributed by atoms with E-state index in [4.69, 9.17) is 4.74 Å². The van der Waals surface area contributed by atoms with E-state index < -0.39 is 12.1 Å². The fraction of sp³-hybridized carbons (Fsp3) is 0.391. The number of carbonyl (C=O) groups is 2. The number of nitrogens with one attached hydrogen (secondary N) is 2. The lowest BCUT2D eigenvalue weighted by atomic mass is 9.87. The van der Waals surface area contributed by atoms with Gasteiger partial charge in [-0.1, -0.05) is 39.0 Å². The molecule has 0 spiro atoms. The number of hydrogen-bond donors (Lipinski definition) is 2. The van der Waals surface area contributed by atoms with Crippen molar-refractivity contribution in [2.24, 2.45) is 0 Å². The molecule has 0 fully saturated rings. The van der Waals surface area contributed by atoms with E-state index in [1.165, 1.54) is 29.8 Å². The Hall–Kier alpha value is -2.55. The third-order valence-electron chi connectivity index (χ3n) is 4.56. The molecule has 2 rings (SSSR count). The maximum absolute atomic E-state index is 12.3. The van der Waals surface area contributed by atoms with Crippen LogP contribution in [-0.4, -0.2) is 24.6 Å². The lowest BCUT2D eigenvalue weighted by Crippen LogP contribution is -2.29. The minimum absolute atomic E-state index is 0.0289. The van der Waals surface area contributed by atoms with Crippen molar-refractivity contribution in [1.29, 1.82) is 0 Å². The first-order chi connectivity index (χ1) is 14.9. The number of amides is 2. The highest BCUT2D eigenvalue weighted by Crippen LogP contribution is 2.31. The van der Waals surface area contributed by atoms with Crippen molar-refractivity contribution in [3.8, 4) is 5.75 Å². The van der Waals surface area contributed by atoms with Crippen LogP contribution >= 0.6 is 15.9 Å². The SMILES string of the molecule is CC(C)(C)c1ccc(OCCCC(=O)NCc2ccc(NC(=O)C(F)(F)F)cc2)c(Br)c1. The van der Waals surface area contributed by atoms with E-state index in [1.54, 1.807) is 5.32 Å². The molecule has 0 aromatic heterocycles. The lowest BCUT2D eigenvalue weighted by Gasteiger charge is -2.20. The average molecular weight is 515 g/mol. The molecule has 5 nitrogen and oxygen atoms in total. The average Bonchev–Trinajstić information content (AvgIpc) is 2.70. The zero-order valence-electron chi connectivity index (χ0n) is 18.1. The summed E-state index contributed by atoms with van der Waals surface area (Å²) in [6, 6.07) is 11.7. The van der Waals surface area contributed by atoms with Crippen molar-refractivity contribution in [2.75, 3.05) is 11.9 Å². The fourth-order valence-electron chi connectivity index (χ4n) is 2.70. The number of carbonyl (C=O) groups excluding carboxylic acids is 2. The Kier molecular flexibility index (Phi) is 8.72. The van der Waals surface area contributed by atoms with Crippen molar-refractivity contribution >= 4 is 33.4 Å². The number of hydrogen-bond acceptors (Lipinski definition) is 3. The number of alkyl halides is 3. The van der Waals surface area contributed by atoms with Gasteiger partial charge >= 0.3 is 12.1 Å². The summed E-state index contributed by atoms with van der Waals surface area (Å²) in [5.41, 5.74) is 1.95. The second-order valence-electron chi connectivity index (χ2n) is 8.27. The molecule has 2 N–H and O–H groups in total. The molecule has 2 aromatic carbocycles. The molecule has 0 unspecified atom stereocenters. The molecule has 0 bridgehead atoms. The van der Waals surface area contributed by atoms with Crippen LogP contribution in [-0.2, 0) is 21.5 Å². The Balaban J connectivity index is 1.71. The molecule has 0 atom stereocenters. The molecule has 0 aliphatic carbocycles.